The molecule has 0 aliphatic rings. The molecule has 2 heterocycles. The zero-order valence-corrected chi connectivity index (χ0v) is 9.35. The third kappa shape index (κ3) is 2.41. The van der Waals surface area contributed by atoms with Crippen molar-refractivity contribution in [1.29, 1.82) is 0 Å². The normalized spacial score (nSPS) is 10.1. The van der Waals surface area contributed by atoms with Gasteiger partial charge in [-0.1, -0.05) is 18.2 Å². The number of nitrogens with one attached hydrogen (secondary N) is 1. The molecule has 2 aromatic rings. The monoisotopic (exact) mass is 234 g/mol. The third-order valence-corrected chi connectivity index (χ3v) is 2.39. The standard InChI is InChI=1S/C11H11ClN4/c1-2-16-8-9(7-15-16)6-14-10-4-3-5-13-11(10)12/h2-5,7-8,14H,1,6H2. The zero-order valence-electron chi connectivity index (χ0n) is 8.60. The molecular weight excluding hydrogens is 224 g/mol. The van der Waals surface area contributed by atoms with E-state index in [9.17, 15) is 0 Å². The summed E-state index contributed by atoms with van der Waals surface area (Å²) in [6.45, 7) is 4.28. The second kappa shape index (κ2) is 4.81. The minimum atomic E-state index is 0.471. The van der Waals surface area contributed by atoms with E-state index in [-0.39, 0.29) is 0 Å². The molecule has 5 heteroatoms. The number of aromatic nitrogens is 3. The van der Waals surface area contributed by atoms with E-state index in [2.05, 4.69) is 22.0 Å². The largest absolute Gasteiger partial charge is 0.378 e. The lowest BCUT2D eigenvalue weighted by atomic mass is 10.3. The first kappa shape index (κ1) is 10.7. The molecule has 0 aliphatic carbocycles. The number of nitrogens with zero attached hydrogens (tertiary/aromatic N) is 3. The molecule has 2 aromatic heterocycles. The van der Waals surface area contributed by atoms with E-state index in [4.69, 9.17) is 11.6 Å². The Bertz CT molecular complexity index is 492. The molecule has 0 unspecified atom stereocenters. The van der Waals surface area contributed by atoms with Gasteiger partial charge in [0, 0.05) is 30.7 Å². The minimum Gasteiger partial charge on any atom is -0.378 e. The van der Waals surface area contributed by atoms with Gasteiger partial charge in [-0.25, -0.2) is 9.67 Å². The van der Waals surface area contributed by atoms with Crippen LogP contribution < -0.4 is 5.32 Å². The number of halogens is 1. The fourth-order valence-electron chi connectivity index (χ4n) is 1.28. The van der Waals surface area contributed by atoms with E-state index in [0.717, 1.165) is 11.3 Å². The Morgan fingerprint density at radius 1 is 1.56 bits per heavy atom. The van der Waals surface area contributed by atoms with Crippen LogP contribution >= 0.6 is 11.6 Å². The Balaban J connectivity index is 2.02. The van der Waals surface area contributed by atoms with Gasteiger partial charge >= 0.3 is 0 Å². The van der Waals surface area contributed by atoms with Crippen molar-refractivity contribution in [2.24, 2.45) is 0 Å². The van der Waals surface area contributed by atoms with E-state index < -0.39 is 0 Å². The maximum atomic E-state index is 5.91. The van der Waals surface area contributed by atoms with Gasteiger partial charge in [0.15, 0.2) is 5.15 Å². The summed E-state index contributed by atoms with van der Waals surface area (Å²) >= 11 is 5.91. The number of rotatable bonds is 4. The van der Waals surface area contributed by atoms with Crippen LogP contribution in [-0.2, 0) is 6.54 Å². The minimum absolute atomic E-state index is 0.471. The van der Waals surface area contributed by atoms with Crippen LogP contribution in [0.15, 0.2) is 37.3 Å². The summed E-state index contributed by atoms with van der Waals surface area (Å²) in [6, 6.07) is 3.72. The Hall–Kier alpha value is -1.81. The van der Waals surface area contributed by atoms with Gasteiger partial charge in [-0.15, -0.1) is 0 Å². The van der Waals surface area contributed by atoms with Crippen molar-refractivity contribution in [3.05, 3.63) is 48.0 Å². The summed E-state index contributed by atoms with van der Waals surface area (Å²) in [5.74, 6) is 0. The van der Waals surface area contributed by atoms with Gasteiger partial charge in [0.2, 0.25) is 0 Å². The number of hydrogen-bond acceptors (Lipinski definition) is 3. The highest BCUT2D eigenvalue weighted by molar-refractivity contribution is 6.31. The van der Waals surface area contributed by atoms with Crippen LogP contribution in [-0.4, -0.2) is 14.8 Å². The van der Waals surface area contributed by atoms with Crippen LogP contribution in [0.4, 0.5) is 5.69 Å². The predicted octanol–water partition coefficient (Wildman–Crippen LogP) is 2.64. The molecular formula is C11H11ClN4. The molecule has 0 amide bonds. The predicted molar refractivity (Wildman–Crippen MR) is 65.2 cm³/mol. The van der Waals surface area contributed by atoms with Crippen molar-refractivity contribution in [1.82, 2.24) is 14.8 Å². The lowest BCUT2D eigenvalue weighted by Gasteiger charge is -2.05. The molecule has 1 N–H and O–H groups in total. The molecule has 4 nitrogen and oxygen atoms in total. The molecule has 16 heavy (non-hydrogen) atoms. The van der Waals surface area contributed by atoms with Crippen molar-refractivity contribution >= 4 is 23.5 Å². The second-order valence-electron chi connectivity index (χ2n) is 3.21. The highest BCUT2D eigenvalue weighted by Crippen LogP contribution is 2.18. The van der Waals surface area contributed by atoms with Crippen LogP contribution in [0.2, 0.25) is 5.15 Å². The molecule has 2 rings (SSSR count). The van der Waals surface area contributed by atoms with E-state index in [0.29, 0.717) is 11.7 Å². The van der Waals surface area contributed by atoms with Gasteiger partial charge in [0.05, 0.1) is 11.9 Å². The van der Waals surface area contributed by atoms with Crippen LogP contribution in [0.1, 0.15) is 5.56 Å². The first-order valence-electron chi connectivity index (χ1n) is 4.79. The van der Waals surface area contributed by atoms with Crippen molar-refractivity contribution in [3.8, 4) is 0 Å². The van der Waals surface area contributed by atoms with Gasteiger partial charge < -0.3 is 5.32 Å². The van der Waals surface area contributed by atoms with Crippen molar-refractivity contribution in [2.75, 3.05) is 5.32 Å². The van der Waals surface area contributed by atoms with Crippen LogP contribution in [0.3, 0.4) is 0 Å². The van der Waals surface area contributed by atoms with E-state index >= 15 is 0 Å². The van der Waals surface area contributed by atoms with Gasteiger partial charge in [-0.05, 0) is 12.1 Å². The maximum absolute atomic E-state index is 5.91. The van der Waals surface area contributed by atoms with E-state index in [1.807, 2.05) is 18.3 Å². The molecule has 0 atom stereocenters. The maximum Gasteiger partial charge on any atom is 0.152 e. The van der Waals surface area contributed by atoms with Crippen molar-refractivity contribution < 1.29 is 0 Å². The number of hydrogen-bond donors (Lipinski definition) is 1. The SMILES string of the molecule is C=Cn1cc(CNc2cccnc2Cl)cn1. The summed E-state index contributed by atoms with van der Waals surface area (Å²) in [7, 11) is 0. The van der Waals surface area contributed by atoms with Crippen LogP contribution in [0, 0.1) is 0 Å². The van der Waals surface area contributed by atoms with Crippen molar-refractivity contribution in [2.45, 2.75) is 6.54 Å². The fourth-order valence-corrected chi connectivity index (χ4v) is 1.47. The smallest absolute Gasteiger partial charge is 0.152 e. The Morgan fingerprint density at radius 3 is 3.12 bits per heavy atom. The highest BCUT2D eigenvalue weighted by atomic mass is 35.5. The topological polar surface area (TPSA) is 42.7 Å². The van der Waals surface area contributed by atoms with Crippen molar-refractivity contribution in [3.63, 3.8) is 0 Å². The Morgan fingerprint density at radius 2 is 2.44 bits per heavy atom. The molecule has 0 aromatic carbocycles. The molecule has 0 aliphatic heterocycles. The molecule has 0 radical (unpaired) electrons. The molecule has 0 saturated carbocycles. The average molecular weight is 235 g/mol. The molecule has 0 fully saturated rings. The first-order chi connectivity index (χ1) is 7.79. The second-order valence-corrected chi connectivity index (χ2v) is 3.56. The quantitative estimate of drug-likeness (QED) is 0.827. The summed E-state index contributed by atoms with van der Waals surface area (Å²) in [4.78, 5) is 3.98. The molecule has 0 saturated heterocycles. The van der Waals surface area contributed by atoms with Gasteiger partial charge in [0.25, 0.3) is 0 Å². The Labute approximate surface area is 98.6 Å². The number of pyridine rings is 1. The Kier molecular flexibility index (Phi) is 3.22. The third-order valence-electron chi connectivity index (χ3n) is 2.08. The molecule has 82 valence electrons. The lowest BCUT2D eigenvalue weighted by molar-refractivity contribution is 0.936. The number of anilines is 1. The lowest BCUT2D eigenvalue weighted by Crippen LogP contribution is -1.99. The first-order valence-corrected chi connectivity index (χ1v) is 5.17. The van der Waals surface area contributed by atoms with Gasteiger partial charge in [-0.2, -0.15) is 5.10 Å². The summed E-state index contributed by atoms with van der Waals surface area (Å²) in [6.07, 6.45) is 6.97. The van der Waals surface area contributed by atoms with E-state index in [1.165, 1.54) is 0 Å². The highest BCUT2D eigenvalue weighted by Gasteiger charge is 2.00. The van der Waals surface area contributed by atoms with Gasteiger partial charge in [-0.3, -0.25) is 0 Å². The molecule has 0 spiro atoms. The summed E-state index contributed by atoms with van der Waals surface area (Å²) in [5.41, 5.74) is 1.87. The average Bonchev–Trinajstić information content (AvgIpc) is 2.76. The fraction of sp³-hybridized carbons (Fsp3) is 0.0909. The molecule has 0 bridgehead atoms. The van der Waals surface area contributed by atoms with Gasteiger partial charge in [0.1, 0.15) is 0 Å². The zero-order chi connectivity index (χ0) is 11.4. The summed E-state index contributed by atoms with van der Waals surface area (Å²) in [5, 5.41) is 7.73. The van der Waals surface area contributed by atoms with Crippen LogP contribution in [0.5, 0.6) is 0 Å². The van der Waals surface area contributed by atoms with Crippen LogP contribution in [0.25, 0.3) is 6.20 Å². The van der Waals surface area contributed by atoms with E-state index in [1.54, 1.807) is 23.3 Å². The summed E-state index contributed by atoms with van der Waals surface area (Å²) < 4.78 is 1.65.